The number of nitrogens with one attached hydrogen (secondary N) is 1. The first kappa shape index (κ1) is 15.1. The molecule has 0 aliphatic heterocycles. The Labute approximate surface area is 121 Å². The molecule has 1 aromatic carbocycles. The first-order valence-electron chi connectivity index (χ1n) is 5.94. The van der Waals surface area contributed by atoms with Crippen LogP contribution in [0.5, 0.6) is 5.75 Å². The topological polar surface area (TPSA) is 112 Å². The summed E-state index contributed by atoms with van der Waals surface area (Å²) in [5, 5.41) is 7.06. The van der Waals surface area contributed by atoms with Gasteiger partial charge in [-0.3, -0.25) is 4.79 Å². The van der Waals surface area contributed by atoms with Gasteiger partial charge in [0.15, 0.2) is 5.76 Å². The Hall–Kier alpha value is -2.32. The van der Waals surface area contributed by atoms with Gasteiger partial charge in [-0.25, -0.2) is 13.6 Å². The summed E-state index contributed by atoms with van der Waals surface area (Å²) in [7, 11) is -2.38. The van der Waals surface area contributed by atoms with Crippen molar-refractivity contribution in [1.82, 2.24) is 5.32 Å². The normalized spacial score (nSPS) is 11.1. The summed E-state index contributed by atoms with van der Waals surface area (Å²) in [5.41, 5.74) is 0.863. The van der Waals surface area contributed by atoms with E-state index in [4.69, 9.17) is 14.3 Å². The lowest BCUT2D eigenvalue weighted by atomic mass is 10.2. The molecule has 1 aromatic heterocycles. The van der Waals surface area contributed by atoms with Crippen LogP contribution in [0, 0.1) is 0 Å². The van der Waals surface area contributed by atoms with Gasteiger partial charge in [0.25, 0.3) is 15.9 Å². The molecule has 2 aromatic rings. The van der Waals surface area contributed by atoms with Crippen molar-refractivity contribution < 1.29 is 22.4 Å². The van der Waals surface area contributed by atoms with Crippen LogP contribution in [0.4, 0.5) is 0 Å². The zero-order valence-corrected chi connectivity index (χ0v) is 12.0. The van der Waals surface area contributed by atoms with Gasteiger partial charge in [0, 0.05) is 6.54 Å². The lowest BCUT2D eigenvalue weighted by molar-refractivity contribution is 0.0918. The van der Waals surface area contributed by atoms with E-state index < -0.39 is 21.0 Å². The van der Waals surface area contributed by atoms with E-state index in [1.54, 1.807) is 31.4 Å². The van der Waals surface area contributed by atoms with Crippen LogP contribution in [0.15, 0.2) is 45.9 Å². The molecule has 0 unspecified atom stereocenters. The highest BCUT2D eigenvalue weighted by atomic mass is 32.2. The summed E-state index contributed by atoms with van der Waals surface area (Å²) < 4.78 is 32.0. The van der Waals surface area contributed by atoms with Crippen LogP contribution in [-0.2, 0) is 16.6 Å². The van der Waals surface area contributed by atoms with Crippen LogP contribution in [0.1, 0.15) is 16.1 Å². The van der Waals surface area contributed by atoms with E-state index in [0.29, 0.717) is 5.75 Å². The highest BCUT2D eigenvalue weighted by molar-refractivity contribution is 7.89. The fourth-order valence-corrected chi connectivity index (χ4v) is 2.07. The molecule has 0 saturated carbocycles. The Morgan fingerprint density at radius 2 is 1.90 bits per heavy atom. The minimum atomic E-state index is -3.95. The van der Waals surface area contributed by atoms with Crippen molar-refractivity contribution in [3.63, 3.8) is 0 Å². The third-order valence-electron chi connectivity index (χ3n) is 2.70. The molecule has 3 N–H and O–H groups in total. The quantitative estimate of drug-likeness (QED) is 0.851. The molecule has 7 nitrogen and oxygen atoms in total. The average Bonchev–Trinajstić information content (AvgIpc) is 2.95. The summed E-state index contributed by atoms with van der Waals surface area (Å²) in [6, 6.07) is 9.54. The molecular weight excluding hydrogens is 296 g/mol. The molecule has 0 bridgehead atoms. The molecule has 0 aliphatic carbocycles. The van der Waals surface area contributed by atoms with Crippen molar-refractivity contribution >= 4 is 15.9 Å². The molecule has 0 radical (unpaired) electrons. The van der Waals surface area contributed by atoms with E-state index in [9.17, 15) is 13.2 Å². The molecule has 1 heterocycles. The third-order valence-corrected chi connectivity index (χ3v) is 3.48. The van der Waals surface area contributed by atoms with Crippen molar-refractivity contribution in [2.75, 3.05) is 7.11 Å². The lowest BCUT2D eigenvalue weighted by Gasteiger charge is -2.04. The maximum atomic E-state index is 11.8. The highest BCUT2D eigenvalue weighted by Gasteiger charge is 2.17. The molecular formula is C13H14N2O5S. The minimum absolute atomic E-state index is 0.118. The molecule has 8 heteroatoms. The summed E-state index contributed by atoms with van der Waals surface area (Å²) >= 11 is 0. The molecule has 0 spiro atoms. The van der Waals surface area contributed by atoms with Crippen LogP contribution in [0.3, 0.4) is 0 Å². The third kappa shape index (κ3) is 3.83. The molecule has 112 valence electrons. The van der Waals surface area contributed by atoms with Gasteiger partial charge in [-0.15, -0.1) is 0 Å². The Morgan fingerprint density at radius 3 is 2.43 bits per heavy atom. The van der Waals surface area contributed by atoms with Crippen molar-refractivity contribution in [1.29, 1.82) is 0 Å². The SMILES string of the molecule is COc1ccc(CNC(=O)c2ccc(S(N)(=O)=O)o2)cc1. The molecule has 0 fully saturated rings. The van der Waals surface area contributed by atoms with E-state index in [1.165, 1.54) is 6.07 Å². The maximum Gasteiger partial charge on any atom is 0.287 e. The highest BCUT2D eigenvalue weighted by Crippen LogP contribution is 2.13. The minimum Gasteiger partial charge on any atom is -0.497 e. The van der Waals surface area contributed by atoms with Crippen molar-refractivity contribution in [3.05, 3.63) is 47.7 Å². The first-order chi connectivity index (χ1) is 9.90. The molecule has 2 rings (SSSR count). The molecule has 0 saturated heterocycles. The average molecular weight is 310 g/mol. The summed E-state index contributed by atoms with van der Waals surface area (Å²) in [6.07, 6.45) is 0. The van der Waals surface area contributed by atoms with Crippen molar-refractivity contribution in [2.45, 2.75) is 11.6 Å². The predicted octanol–water partition coefficient (Wildman–Crippen LogP) is 0.866. The predicted molar refractivity (Wildman–Crippen MR) is 74.2 cm³/mol. The smallest absolute Gasteiger partial charge is 0.287 e. The Bertz CT molecular complexity index is 734. The van der Waals surface area contributed by atoms with Crippen LogP contribution < -0.4 is 15.2 Å². The number of amides is 1. The zero-order valence-electron chi connectivity index (χ0n) is 11.2. The van der Waals surface area contributed by atoms with Crippen molar-refractivity contribution in [2.24, 2.45) is 5.14 Å². The van der Waals surface area contributed by atoms with Gasteiger partial charge in [-0.2, -0.15) is 0 Å². The van der Waals surface area contributed by atoms with Crippen LogP contribution in [0.2, 0.25) is 0 Å². The second-order valence-electron chi connectivity index (χ2n) is 4.19. The van der Waals surface area contributed by atoms with Crippen LogP contribution in [-0.4, -0.2) is 21.4 Å². The number of carbonyl (C=O) groups excluding carboxylic acids is 1. The number of sulfonamides is 1. The Kier molecular flexibility index (Phi) is 4.29. The number of hydrogen-bond acceptors (Lipinski definition) is 5. The monoisotopic (exact) mass is 310 g/mol. The van der Waals surface area contributed by atoms with Gasteiger partial charge < -0.3 is 14.5 Å². The number of nitrogens with two attached hydrogens (primary N) is 1. The van der Waals surface area contributed by atoms with Gasteiger partial charge in [0.1, 0.15) is 5.75 Å². The molecule has 0 aliphatic rings. The fourth-order valence-electron chi connectivity index (χ4n) is 1.61. The Balaban J connectivity index is 1.99. The van der Waals surface area contributed by atoms with E-state index in [0.717, 1.165) is 11.6 Å². The number of methoxy groups -OCH3 is 1. The molecule has 1 amide bonds. The zero-order chi connectivity index (χ0) is 15.5. The van der Waals surface area contributed by atoms with Gasteiger partial charge in [0.2, 0.25) is 5.09 Å². The number of benzene rings is 1. The van der Waals surface area contributed by atoms with E-state index in [1.807, 2.05) is 0 Å². The van der Waals surface area contributed by atoms with Gasteiger partial charge in [0.05, 0.1) is 7.11 Å². The van der Waals surface area contributed by atoms with E-state index in [-0.39, 0.29) is 12.3 Å². The van der Waals surface area contributed by atoms with Gasteiger partial charge in [-0.1, -0.05) is 12.1 Å². The number of hydrogen-bond donors (Lipinski definition) is 2. The van der Waals surface area contributed by atoms with E-state index >= 15 is 0 Å². The first-order valence-corrected chi connectivity index (χ1v) is 7.48. The van der Waals surface area contributed by atoms with Gasteiger partial charge in [-0.05, 0) is 29.8 Å². The molecule has 0 atom stereocenters. The fraction of sp³-hybridized carbons (Fsp3) is 0.154. The summed E-state index contributed by atoms with van der Waals surface area (Å²) in [6.45, 7) is 0.272. The number of carbonyl (C=O) groups is 1. The number of primary sulfonamides is 1. The summed E-state index contributed by atoms with van der Waals surface area (Å²) in [5.74, 6) is 0.0714. The number of rotatable bonds is 5. The maximum absolute atomic E-state index is 11.8. The number of furan rings is 1. The van der Waals surface area contributed by atoms with Crippen molar-refractivity contribution in [3.8, 4) is 5.75 Å². The molecule has 21 heavy (non-hydrogen) atoms. The summed E-state index contributed by atoms with van der Waals surface area (Å²) in [4.78, 5) is 11.8. The largest absolute Gasteiger partial charge is 0.497 e. The van der Waals surface area contributed by atoms with E-state index in [2.05, 4.69) is 5.32 Å². The lowest BCUT2D eigenvalue weighted by Crippen LogP contribution is -2.22. The Morgan fingerprint density at radius 1 is 1.24 bits per heavy atom. The standard InChI is InChI=1S/C13H14N2O5S/c1-19-10-4-2-9(3-5-10)8-15-13(16)11-6-7-12(20-11)21(14,17)18/h2-7H,8H2,1H3,(H,15,16)(H2,14,17,18). The second-order valence-corrected chi connectivity index (χ2v) is 5.69. The second kappa shape index (κ2) is 5.98. The number of ether oxygens (including phenoxy) is 1. The van der Waals surface area contributed by atoms with Gasteiger partial charge >= 0.3 is 0 Å². The van der Waals surface area contributed by atoms with Crippen LogP contribution in [0.25, 0.3) is 0 Å². The van der Waals surface area contributed by atoms with Crippen LogP contribution >= 0.6 is 0 Å².